The van der Waals surface area contributed by atoms with Crippen LogP contribution in [0.15, 0.2) is 75.5 Å². The first-order valence-electron chi connectivity index (χ1n) is 8.52. The largest absolute Gasteiger partial charge is 0.505 e. The number of nitrogens with two attached hydrogens (primary N) is 1. The summed E-state index contributed by atoms with van der Waals surface area (Å²) in [5.74, 6) is 1.23. The Balaban J connectivity index is 1.55. The van der Waals surface area contributed by atoms with Gasteiger partial charge < -0.3 is 24.6 Å². The molecule has 0 fully saturated rings. The molecule has 0 spiro atoms. The van der Waals surface area contributed by atoms with Crippen molar-refractivity contribution in [2.45, 2.75) is 16.7 Å². The Morgan fingerprint density at radius 2 is 1.96 bits per heavy atom. The second-order valence-corrected chi connectivity index (χ2v) is 6.99. The molecule has 0 aliphatic carbocycles. The van der Waals surface area contributed by atoms with E-state index >= 15 is 0 Å². The SMILES string of the molecule is COc1cccc(-c2nnc(Sc3cn(-c4ccc(CN)cc4)cc3O)o2)c1. The summed E-state index contributed by atoms with van der Waals surface area (Å²) in [7, 11) is 1.60. The first-order valence-corrected chi connectivity index (χ1v) is 9.34. The van der Waals surface area contributed by atoms with Crippen molar-refractivity contribution >= 4 is 11.8 Å². The zero-order valence-corrected chi connectivity index (χ0v) is 15.9. The minimum atomic E-state index is 0.133. The summed E-state index contributed by atoms with van der Waals surface area (Å²) in [5.41, 5.74) is 8.36. The van der Waals surface area contributed by atoms with Gasteiger partial charge in [0.05, 0.1) is 18.2 Å². The molecule has 0 unspecified atom stereocenters. The molecule has 0 radical (unpaired) electrons. The van der Waals surface area contributed by atoms with Gasteiger partial charge >= 0.3 is 0 Å². The van der Waals surface area contributed by atoms with E-state index in [1.165, 1.54) is 11.8 Å². The van der Waals surface area contributed by atoms with Gasteiger partial charge in [0.15, 0.2) is 0 Å². The fourth-order valence-corrected chi connectivity index (χ4v) is 3.39. The number of aromatic hydroxyl groups is 1. The van der Waals surface area contributed by atoms with Gasteiger partial charge in [0.2, 0.25) is 5.89 Å². The minimum absolute atomic E-state index is 0.133. The van der Waals surface area contributed by atoms with Crippen LogP contribution in [0.5, 0.6) is 11.5 Å². The fourth-order valence-electron chi connectivity index (χ4n) is 2.67. The maximum atomic E-state index is 10.3. The van der Waals surface area contributed by atoms with Crippen LogP contribution in [0.2, 0.25) is 0 Å². The van der Waals surface area contributed by atoms with Crippen molar-refractivity contribution in [1.29, 1.82) is 0 Å². The quantitative estimate of drug-likeness (QED) is 0.512. The van der Waals surface area contributed by atoms with Crippen molar-refractivity contribution in [3.05, 3.63) is 66.5 Å². The molecule has 4 aromatic rings. The number of nitrogens with zero attached hydrogens (tertiary/aromatic N) is 3. The Bertz CT molecular complexity index is 1090. The zero-order valence-electron chi connectivity index (χ0n) is 15.1. The van der Waals surface area contributed by atoms with Gasteiger partial charge in [-0.3, -0.25) is 0 Å². The van der Waals surface area contributed by atoms with Crippen molar-refractivity contribution in [3.8, 4) is 28.6 Å². The summed E-state index contributed by atoms with van der Waals surface area (Å²) in [4.78, 5) is 0.615. The molecule has 2 heterocycles. The van der Waals surface area contributed by atoms with Crippen LogP contribution in [0, 0.1) is 0 Å². The van der Waals surface area contributed by atoms with E-state index in [0.29, 0.717) is 28.3 Å². The van der Waals surface area contributed by atoms with E-state index in [1.807, 2.05) is 59.3 Å². The highest BCUT2D eigenvalue weighted by atomic mass is 32.2. The average Bonchev–Trinajstić information content (AvgIpc) is 3.35. The molecule has 0 amide bonds. The molecule has 2 aromatic carbocycles. The highest BCUT2D eigenvalue weighted by Gasteiger charge is 2.15. The lowest BCUT2D eigenvalue weighted by Gasteiger charge is -2.03. The van der Waals surface area contributed by atoms with Crippen LogP contribution in [0.25, 0.3) is 17.1 Å². The Kier molecular flexibility index (Phi) is 5.05. The highest BCUT2D eigenvalue weighted by Crippen LogP contribution is 2.36. The molecule has 7 nitrogen and oxygen atoms in total. The molecule has 0 bridgehead atoms. The summed E-state index contributed by atoms with van der Waals surface area (Å²) in [5, 5.41) is 18.8. The summed E-state index contributed by atoms with van der Waals surface area (Å²) in [6.07, 6.45) is 3.45. The predicted octanol–water partition coefficient (Wildman–Crippen LogP) is 3.85. The van der Waals surface area contributed by atoms with E-state index in [2.05, 4.69) is 10.2 Å². The van der Waals surface area contributed by atoms with Gasteiger partial charge in [0, 0.05) is 24.0 Å². The lowest BCUT2D eigenvalue weighted by atomic mass is 10.2. The molecule has 3 N–H and O–H groups in total. The second kappa shape index (κ2) is 7.79. The van der Waals surface area contributed by atoms with Crippen molar-refractivity contribution < 1.29 is 14.3 Å². The summed E-state index contributed by atoms with van der Waals surface area (Å²) in [6.45, 7) is 0.491. The smallest absolute Gasteiger partial charge is 0.281 e. The maximum Gasteiger partial charge on any atom is 0.281 e. The number of aromatic nitrogens is 3. The van der Waals surface area contributed by atoms with E-state index < -0.39 is 0 Å². The molecule has 2 aromatic heterocycles. The number of hydrogen-bond donors (Lipinski definition) is 2. The fraction of sp³-hybridized carbons (Fsp3) is 0.100. The third-order valence-corrected chi connectivity index (χ3v) is 5.03. The monoisotopic (exact) mass is 394 g/mol. The van der Waals surface area contributed by atoms with Gasteiger partial charge in [-0.2, -0.15) is 0 Å². The Hall–Kier alpha value is -3.23. The van der Waals surface area contributed by atoms with Crippen molar-refractivity contribution in [1.82, 2.24) is 14.8 Å². The Labute approximate surface area is 165 Å². The van der Waals surface area contributed by atoms with E-state index in [1.54, 1.807) is 13.3 Å². The molecule has 0 saturated heterocycles. The van der Waals surface area contributed by atoms with E-state index in [4.69, 9.17) is 14.9 Å². The number of ether oxygens (including phenoxy) is 1. The van der Waals surface area contributed by atoms with Gasteiger partial charge in [0.1, 0.15) is 11.5 Å². The molecular weight excluding hydrogens is 376 g/mol. The van der Waals surface area contributed by atoms with Crippen LogP contribution >= 0.6 is 11.8 Å². The third kappa shape index (κ3) is 3.73. The minimum Gasteiger partial charge on any atom is -0.505 e. The van der Waals surface area contributed by atoms with Crippen LogP contribution in [0.3, 0.4) is 0 Å². The van der Waals surface area contributed by atoms with E-state index in [-0.39, 0.29) is 5.75 Å². The lowest BCUT2D eigenvalue weighted by molar-refractivity contribution is 0.414. The van der Waals surface area contributed by atoms with Crippen LogP contribution in [-0.2, 0) is 6.54 Å². The van der Waals surface area contributed by atoms with Gasteiger partial charge in [-0.1, -0.05) is 18.2 Å². The molecule has 8 heteroatoms. The normalized spacial score (nSPS) is 10.9. The third-order valence-electron chi connectivity index (χ3n) is 4.16. The van der Waals surface area contributed by atoms with Crippen LogP contribution < -0.4 is 10.5 Å². The number of benzene rings is 2. The Morgan fingerprint density at radius 3 is 2.71 bits per heavy atom. The first kappa shape index (κ1) is 18.1. The molecule has 0 aliphatic rings. The zero-order chi connectivity index (χ0) is 19.5. The van der Waals surface area contributed by atoms with Crippen molar-refractivity contribution in [2.75, 3.05) is 7.11 Å². The summed E-state index contributed by atoms with van der Waals surface area (Å²) < 4.78 is 12.8. The predicted molar refractivity (Wildman–Crippen MR) is 106 cm³/mol. The molecule has 28 heavy (non-hydrogen) atoms. The van der Waals surface area contributed by atoms with Gasteiger partial charge in [-0.25, -0.2) is 0 Å². The molecule has 0 aliphatic heterocycles. The van der Waals surface area contributed by atoms with E-state index in [0.717, 1.165) is 16.8 Å². The van der Waals surface area contributed by atoms with Crippen molar-refractivity contribution in [3.63, 3.8) is 0 Å². The maximum absolute atomic E-state index is 10.3. The molecule has 142 valence electrons. The highest BCUT2D eigenvalue weighted by molar-refractivity contribution is 7.99. The van der Waals surface area contributed by atoms with Crippen LogP contribution in [0.1, 0.15) is 5.56 Å². The standard InChI is InChI=1S/C20H18N4O3S/c1-26-16-4-2-3-14(9-16)19-22-23-20(27-19)28-18-12-24(11-17(18)25)15-7-5-13(10-21)6-8-15/h2-9,11-12,25H,10,21H2,1H3. The van der Waals surface area contributed by atoms with Gasteiger partial charge in [0.25, 0.3) is 5.22 Å². The van der Waals surface area contributed by atoms with E-state index in [9.17, 15) is 5.11 Å². The first-order chi connectivity index (χ1) is 13.7. The molecule has 4 rings (SSSR count). The van der Waals surface area contributed by atoms with Crippen LogP contribution in [0.4, 0.5) is 0 Å². The Morgan fingerprint density at radius 1 is 1.14 bits per heavy atom. The van der Waals surface area contributed by atoms with Gasteiger partial charge in [-0.15, -0.1) is 10.2 Å². The lowest BCUT2D eigenvalue weighted by Crippen LogP contribution is -1.96. The number of hydrogen-bond acceptors (Lipinski definition) is 7. The molecule has 0 saturated carbocycles. The average molecular weight is 394 g/mol. The van der Waals surface area contributed by atoms with Crippen molar-refractivity contribution in [2.24, 2.45) is 5.73 Å². The molecular formula is C20H18N4O3S. The van der Waals surface area contributed by atoms with Crippen LogP contribution in [-0.4, -0.2) is 27.0 Å². The number of rotatable bonds is 6. The second-order valence-electron chi connectivity index (χ2n) is 5.99. The summed E-state index contributed by atoms with van der Waals surface area (Å²) in [6, 6.07) is 15.2. The summed E-state index contributed by atoms with van der Waals surface area (Å²) >= 11 is 1.20. The topological polar surface area (TPSA) is 99.3 Å². The van der Waals surface area contributed by atoms with Gasteiger partial charge in [-0.05, 0) is 47.7 Å². The number of methoxy groups -OCH3 is 1. The molecule has 0 atom stereocenters.